The molecule has 1 amide bonds. The first-order valence-electron chi connectivity index (χ1n) is 6.00. The van der Waals surface area contributed by atoms with Crippen molar-refractivity contribution in [1.29, 1.82) is 0 Å². The fraction of sp³-hybridized carbons (Fsp3) is 0.462. The molecule has 19 heavy (non-hydrogen) atoms. The lowest BCUT2D eigenvalue weighted by Gasteiger charge is -2.22. The number of amides is 1. The average molecular weight is 333 g/mol. The minimum absolute atomic E-state index is 0.169. The molecule has 1 aromatic carbocycles. The number of nitrogens with zero attached hydrogens (tertiary/aromatic N) is 1. The lowest BCUT2D eigenvalue weighted by atomic mass is 9.90. The van der Waals surface area contributed by atoms with Gasteiger partial charge in [0.15, 0.2) is 0 Å². The molecule has 1 heterocycles. The van der Waals surface area contributed by atoms with Crippen molar-refractivity contribution >= 4 is 21.8 Å². The van der Waals surface area contributed by atoms with E-state index >= 15 is 0 Å². The first-order chi connectivity index (χ1) is 8.86. The highest BCUT2D eigenvalue weighted by Gasteiger charge is 2.36. The molecule has 2 rings (SSSR count). The first kappa shape index (κ1) is 14.4. The van der Waals surface area contributed by atoms with Crippen LogP contribution in [0.25, 0.3) is 0 Å². The molecule has 1 aromatic rings. The summed E-state index contributed by atoms with van der Waals surface area (Å²) >= 11 is 2.99. The van der Waals surface area contributed by atoms with E-state index < -0.39 is 23.1 Å². The third-order valence-electron chi connectivity index (χ3n) is 3.56. The van der Waals surface area contributed by atoms with Crippen molar-refractivity contribution in [2.45, 2.75) is 13.3 Å². The zero-order valence-electron chi connectivity index (χ0n) is 10.5. The molecule has 6 heteroatoms. The molecule has 1 fully saturated rings. The van der Waals surface area contributed by atoms with Gasteiger partial charge in [0.25, 0.3) is 5.91 Å². The number of carbonyl (C=O) groups excluding carboxylic acids is 1. The van der Waals surface area contributed by atoms with Gasteiger partial charge in [0.05, 0.1) is 0 Å². The number of rotatable bonds is 2. The number of nitrogens with two attached hydrogens (primary N) is 1. The summed E-state index contributed by atoms with van der Waals surface area (Å²) < 4.78 is 27.8. The third kappa shape index (κ3) is 2.79. The molecule has 3 nitrogen and oxygen atoms in total. The SMILES string of the molecule is CC1(CN)CCN(C(=O)c2c(F)cc(Br)cc2F)C1. The topological polar surface area (TPSA) is 46.3 Å². The molecule has 1 atom stereocenters. The van der Waals surface area contributed by atoms with Crippen LogP contribution >= 0.6 is 15.9 Å². The van der Waals surface area contributed by atoms with Crippen LogP contribution in [0.3, 0.4) is 0 Å². The lowest BCUT2D eigenvalue weighted by molar-refractivity contribution is 0.0767. The van der Waals surface area contributed by atoms with Crippen LogP contribution in [0.2, 0.25) is 0 Å². The number of hydrogen-bond acceptors (Lipinski definition) is 2. The fourth-order valence-corrected chi connectivity index (χ4v) is 2.67. The third-order valence-corrected chi connectivity index (χ3v) is 4.02. The average Bonchev–Trinajstić information content (AvgIpc) is 2.71. The highest BCUT2D eigenvalue weighted by Crippen LogP contribution is 2.30. The smallest absolute Gasteiger partial charge is 0.259 e. The number of carbonyl (C=O) groups is 1. The molecule has 1 aliphatic rings. The summed E-state index contributed by atoms with van der Waals surface area (Å²) in [7, 11) is 0. The van der Waals surface area contributed by atoms with E-state index in [0.29, 0.717) is 19.6 Å². The zero-order valence-corrected chi connectivity index (χ0v) is 12.1. The van der Waals surface area contributed by atoms with Gasteiger partial charge in [-0.25, -0.2) is 8.78 Å². The molecular formula is C13H15BrF2N2O. The van der Waals surface area contributed by atoms with Gasteiger partial charge in [-0.3, -0.25) is 4.79 Å². The number of halogens is 3. The van der Waals surface area contributed by atoms with Gasteiger partial charge in [-0.15, -0.1) is 0 Å². The quantitative estimate of drug-likeness (QED) is 0.904. The first-order valence-corrected chi connectivity index (χ1v) is 6.79. The molecule has 0 aromatic heterocycles. The Morgan fingerprint density at radius 1 is 1.47 bits per heavy atom. The van der Waals surface area contributed by atoms with Crippen molar-refractivity contribution in [3.63, 3.8) is 0 Å². The second kappa shape index (κ2) is 5.17. The van der Waals surface area contributed by atoms with E-state index in [1.807, 2.05) is 6.92 Å². The van der Waals surface area contributed by atoms with Crippen LogP contribution in [0, 0.1) is 17.0 Å². The van der Waals surface area contributed by atoms with Gasteiger partial charge in [-0.1, -0.05) is 22.9 Å². The summed E-state index contributed by atoms with van der Waals surface area (Å²) in [5.74, 6) is -2.31. The summed E-state index contributed by atoms with van der Waals surface area (Å²) in [4.78, 5) is 13.7. The maximum absolute atomic E-state index is 13.7. The Balaban J connectivity index is 2.27. The van der Waals surface area contributed by atoms with E-state index in [2.05, 4.69) is 15.9 Å². The summed E-state index contributed by atoms with van der Waals surface area (Å²) in [5, 5.41) is 0. The predicted octanol–water partition coefficient (Wildman–Crippen LogP) is 2.54. The molecule has 0 spiro atoms. The number of hydrogen-bond donors (Lipinski definition) is 1. The maximum atomic E-state index is 13.7. The molecule has 1 aliphatic heterocycles. The van der Waals surface area contributed by atoms with Gasteiger partial charge >= 0.3 is 0 Å². The van der Waals surface area contributed by atoms with Crippen LogP contribution in [0.5, 0.6) is 0 Å². The van der Waals surface area contributed by atoms with Crippen molar-refractivity contribution in [2.75, 3.05) is 19.6 Å². The molecular weight excluding hydrogens is 318 g/mol. The molecule has 0 bridgehead atoms. The molecule has 2 N–H and O–H groups in total. The Kier molecular flexibility index (Phi) is 3.92. The van der Waals surface area contributed by atoms with Gasteiger partial charge in [0.2, 0.25) is 0 Å². The highest BCUT2D eigenvalue weighted by molar-refractivity contribution is 9.10. The van der Waals surface area contributed by atoms with Gasteiger partial charge in [0, 0.05) is 17.6 Å². The Morgan fingerprint density at radius 2 is 2.05 bits per heavy atom. The molecule has 0 aliphatic carbocycles. The van der Waals surface area contributed by atoms with E-state index in [1.54, 1.807) is 0 Å². The maximum Gasteiger partial charge on any atom is 0.259 e. The van der Waals surface area contributed by atoms with Gasteiger partial charge < -0.3 is 10.6 Å². The minimum atomic E-state index is -0.849. The molecule has 1 unspecified atom stereocenters. The Bertz CT molecular complexity index is 500. The van der Waals surface area contributed by atoms with Crippen molar-refractivity contribution in [3.8, 4) is 0 Å². The zero-order chi connectivity index (χ0) is 14.2. The molecule has 1 saturated heterocycles. The van der Waals surface area contributed by atoms with E-state index in [9.17, 15) is 13.6 Å². The highest BCUT2D eigenvalue weighted by atomic mass is 79.9. The van der Waals surface area contributed by atoms with Crippen LogP contribution in [-0.2, 0) is 0 Å². The van der Waals surface area contributed by atoms with Crippen molar-refractivity contribution in [2.24, 2.45) is 11.1 Å². The summed E-state index contributed by atoms with van der Waals surface area (Å²) in [6.07, 6.45) is 0.745. The van der Waals surface area contributed by atoms with Crippen molar-refractivity contribution in [1.82, 2.24) is 4.90 Å². The lowest BCUT2D eigenvalue weighted by Crippen LogP contribution is -2.35. The largest absolute Gasteiger partial charge is 0.338 e. The van der Waals surface area contributed by atoms with Gasteiger partial charge in [-0.2, -0.15) is 0 Å². The molecule has 0 saturated carbocycles. The Morgan fingerprint density at radius 3 is 2.53 bits per heavy atom. The van der Waals surface area contributed by atoms with Crippen molar-refractivity contribution in [3.05, 3.63) is 33.8 Å². The van der Waals surface area contributed by atoms with Crippen LogP contribution < -0.4 is 5.73 Å². The summed E-state index contributed by atoms with van der Waals surface area (Å²) in [6.45, 7) is 3.31. The van der Waals surface area contributed by atoms with E-state index in [1.165, 1.54) is 4.90 Å². The van der Waals surface area contributed by atoms with E-state index in [4.69, 9.17) is 5.73 Å². The minimum Gasteiger partial charge on any atom is -0.338 e. The van der Waals surface area contributed by atoms with Crippen LogP contribution in [0.15, 0.2) is 16.6 Å². The van der Waals surface area contributed by atoms with E-state index in [-0.39, 0.29) is 9.89 Å². The normalized spacial score (nSPS) is 22.9. The summed E-state index contributed by atoms with van der Waals surface area (Å²) in [5.41, 5.74) is 4.99. The second-order valence-corrected chi connectivity index (χ2v) is 6.15. The van der Waals surface area contributed by atoms with Crippen LogP contribution in [-0.4, -0.2) is 30.4 Å². The van der Waals surface area contributed by atoms with Gasteiger partial charge in [0.1, 0.15) is 17.2 Å². The Hall–Kier alpha value is -1.01. The van der Waals surface area contributed by atoms with Crippen LogP contribution in [0.1, 0.15) is 23.7 Å². The standard InChI is InChI=1S/C13H15BrF2N2O/c1-13(6-17)2-3-18(7-13)12(19)11-9(15)4-8(14)5-10(11)16/h4-5H,2-3,6-7,17H2,1H3. The number of likely N-dealkylation sites (tertiary alicyclic amines) is 1. The van der Waals surface area contributed by atoms with Crippen molar-refractivity contribution < 1.29 is 13.6 Å². The summed E-state index contributed by atoms with van der Waals surface area (Å²) in [6, 6.07) is 2.18. The monoisotopic (exact) mass is 332 g/mol. The molecule has 104 valence electrons. The second-order valence-electron chi connectivity index (χ2n) is 5.24. The molecule has 0 radical (unpaired) electrons. The Labute approximate surface area is 118 Å². The van der Waals surface area contributed by atoms with Crippen LogP contribution in [0.4, 0.5) is 8.78 Å². The van der Waals surface area contributed by atoms with Gasteiger partial charge in [-0.05, 0) is 30.5 Å². The fourth-order valence-electron chi connectivity index (χ4n) is 2.27. The number of benzene rings is 1. The van der Waals surface area contributed by atoms with E-state index in [0.717, 1.165) is 18.6 Å². The predicted molar refractivity (Wildman–Crippen MR) is 71.7 cm³/mol.